The number of aryl methyl sites for hydroxylation is 1. The van der Waals surface area contributed by atoms with Crippen LogP contribution in [0.1, 0.15) is 21.5 Å². The van der Waals surface area contributed by atoms with Gasteiger partial charge in [0.2, 0.25) is 5.89 Å². The molecule has 4 aromatic rings. The molecule has 0 bridgehead atoms. The van der Waals surface area contributed by atoms with Crippen molar-refractivity contribution >= 4 is 40.0 Å². The van der Waals surface area contributed by atoms with Gasteiger partial charge in [0.25, 0.3) is 5.91 Å². The molecule has 0 saturated carbocycles. The highest BCUT2D eigenvalue weighted by Crippen LogP contribution is 2.30. The molecular formula is C24H21N3O3S. The maximum Gasteiger partial charge on any atom is 0.261 e. The van der Waals surface area contributed by atoms with E-state index >= 15 is 0 Å². The molecule has 6 nitrogen and oxygen atoms in total. The fourth-order valence-corrected chi connectivity index (χ4v) is 3.62. The van der Waals surface area contributed by atoms with E-state index < -0.39 is 0 Å². The van der Waals surface area contributed by atoms with Crippen molar-refractivity contribution in [1.29, 1.82) is 0 Å². The number of hydrogen-bond donors (Lipinski definition) is 2. The first-order valence-electron chi connectivity index (χ1n) is 9.69. The molecule has 1 amide bonds. The highest BCUT2D eigenvalue weighted by molar-refractivity contribution is 7.80. The summed E-state index contributed by atoms with van der Waals surface area (Å²) in [6.07, 6.45) is 0. The SMILES string of the molecule is COc1c(C)cccc1C(=O)NC(=S)Nc1cccc(-c2nc3ccccc3o2)c1C. The summed E-state index contributed by atoms with van der Waals surface area (Å²) >= 11 is 5.37. The molecule has 156 valence electrons. The zero-order chi connectivity index (χ0) is 22.0. The number of hydrogen-bond acceptors (Lipinski definition) is 5. The molecule has 0 saturated heterocycles. The highest BCUT2D eigenvalue weighted by Gasteiger charge is 2.17. The second-order valence-corrected chi connectivity index (χ2v) is 7.44. The van der Waals surface area contributed by atoms with E-state index in [1.807, 2.05) is 62.4 Å². The van der Waals surface area contributed by atoms with Crippen molar-refractivity contribution in [3.8, 4) is 17.2 Å². The summed E-state index contributed by atoms with van der Waals surface area (Å²) in [5.74, 6) is 0.713. The normalized spacial score (nSPS) is 10.7. The first kappa shape index (κ1) is 20.6. The molecule has 31 heavy (non-hydrogen) atoms. The van der Waals surface area contributed by atoms with Gasteiger partial charge < -0.3 is 14.5 Å². The minimum Gasteiger partial charge on any atom is -0.496 e. The summed E-state index contributed by atoms with van der Waals surface area (Å²) in [5, 5.41) is 6.00. The van der Waals surface area contributed by atoms with E-state index in [9.17, 15) is 4.79 Å². The Morgan fingerprint density at radius 2 is 1.81 bits per heavy atom. The second-order valence-electron chi connectivity index (χ2n) is 7.03. The van der Waals surface area contributed by atoms with Gasteiger partial charge in [0.1, 0.15) is 11.3 Å². The van der Waals surface area contributed by atoms with Crippen LogP contribution in [0.3, 0.4) is 0 Å². The molecule has 0 atom stereocenters. The van der Waals surface area contributed by atoms with Gasteiger partial charge in [-0.1, -0.05) is 30.3 Å². The summed E-state index contributed by atoms with van der Waals surface area (Å²) in [6, 6.07) is 18.7. The molecule has 1 heterocycles. The number of fused-ring (bicyclic) bond motifs is 1. The first-order valence-corrected chi connectivity index (χ1v) is 10.1. The van der Waals surface area contributed by atoms with E-state index in [-0.39, 0.29) is 11.0 Å². The lowest BCUT2D eigenvalue weighted by atomic mass is 10.1. The number of rotatable bonds is 4. The quantitative estimate of drug-likeness (QED) is 0.430. The topological polar surface area (TPSA) is 76.4 Å². The van der Waals surface area contributed by atoms with Crippen molar-refractivity contribution < 1.29 is 13.9 Å². The number of anilines is 1. The van der Waals surface area contributed by atoms with Crippen LogP contribution < -0.4 is 15.4 Å². The number of benzene rings is 3. The average molecular weight is 432 g/mol. The van der Waals surface area contributed by atoms with Crippen LogP contribution in [0.25, 0.3) is 22.6 Å². The Hall–Kier alpha value is -3.71. The number of nitrogens with zero attached hydrogens (tertiary/aromatic N) is 1. The third-order valence-electron chi connectivity index (χ3n) is 4.99. The number of nitrogens with one attached hydrogen (secondary N) is 2. The highest BCUT2D eigenvalue weighted by atomic mass is 32.1. The van der Waals surface area contributed by atoms with Gasteiger partial charge in [0.05, 0.1) is 12.7 Å². The van der Waals surface area contributed by atoms with Crippen molar-refractivity contribution in [2.45, 2.75) is 13.8 Å². The molecule has 4 rings (SSSR count). The molecule has 3 aromatic carbocycles. The zero-order valence-corrected chi connectivity index (χ0v) is 18.2. The number of ether oxygens (including phenoxy) is 1. The Balaban J connectivity index is 1.55. The minimum absolute atomic E-state index is 0.186. The van der Waals surface area contributed by atoms with Crippen molar-refractivity contribution in [3.63, 3.8) is 0 Å². The van der Waals surface area contributed by atoms with E-state index in [0.717, 1.165) is 33.5 Å². The molecule has 0 radical (unpaired) electrons. The van der Waals surface area contributed by atoms with E-state index in [2.05, 4.69) is 15.6 Å². The molecule has 0 aliphatic heterocycles. The number of aromatic nitrogens is 1. The standard InChI is InChI=1S/C24H21N3O3S/c1-14-8-6-10-17(21(14)29-3)22(28)27-24(31)26-18-12-7-9-16(15(18)2)23-25-19-11-4-5-13-20(19)30-23/h4-13H,1-3H3,(H2,26,27,28,31). The third-order valence-corrected chi connectivity index (χ3v) is 5.20. The van der Waals surface area contributed by atoms with Gasteiger partial charge in [-0.3, -0.25) is 10.1 Å². The molecule has 2 N–H and O–H groups in total. The Bertz CT molecular complexity index is 1260. The zero-order valence-electron chi connectivity index (χ0n) is 17.4. The average Bonchev–Trinajstić information content (AvgIpc) is 3.19. The third kappa shape index (κ3) is 4.13. The van der Waals surface area contributed by atoms with Crippen molar-refractivity contribution in [1.82, 2.24) is 10.3 Å². The van der Waals surface area contributed by atoms with Crippen LogP contribution in [-0.4, -0.2) is 23.1 Å². The number of thiocarbonyl (C=S) groups is 1. The van der Waals surface area contributed by atoms with Crippen LogP contribution in [0.5, 0.6) is 5.75 Å². The summed E-state index contributed by atoms with van der Waals surface area (Å²) in [6.45, 7) is 3.83. The van der Waals surface area contributed by atoms with Crippen molar-refractivity contribution in [2.75, 3.05) is 12.4 Å². The van der Waals surface area contributed by atoms with Crippen LogP contribution in [0.4, 0.5) is 5.69 Å². The Kier molecular flexibility index (Phi) is 5.68. The van der Waals surface area contributed by atoms with Crippen LogP contribution in [0.2, 0.25) is 0 Å². The number of carbonyl (C=O) groups excluding carboxylic acids is 1. The fraction of sp³-hybridized carbons (Fsp3) is 0.125. The van der Waals surface area contributed by atoms with E-state index in [1.54, 1.807) is 12.1 Å². The monoisotopic (exact) mass is 431 g/mol. The lowest BCUT2D eigenvalue weighted by Gasteiger charge is -2.15. The van der Waals surface area contributed by atoms with Crippen LogP contribution in [-0.2, 0) is 0 Å². The molecule has 0 fully saturated rings. The molecule has 0 unspecified atom stereocenters. The minimum atomic E-state index is -0.342. The van der Waals surface area contributed by atoms with Crippen LogP contribution >= 0.6 is 12.2 Å². The smallest absolute Gasteiger partial charge is 0.261 e. The lowest BCUT2D eigenvalue weighted by molar-refractivity contribution is 0.0974. The van der Waals surface area contributed by atoms with Gasteiger partial charge in [0.15, 0.2) is 10.7 Å². The van der Waals surface area contributed by atoms with Crippen molar-refractivity contribution in [2.24, 2.45) is 0 Å². The summed E-state index contributed by atoms with van der Waals surface area (Å²) in [4.78, 5) is 17.3. The number of oxazole rings is 1. The number of para-hydroxylation sites is 3. The Labute approximate surface area is 185 Å². The molecular weight excluding hydrogens is 410 g/mol. The Morgan fingerprint density at radius 3 is 2.58 bits per heavy atom. The first-order chi connectivity index (χ1) is 15.0. The number of carbonyl (C=O) groups is 1. The fourth-order valence-electron chi connectivity index (χ4n) is 3.42. The molecule has 1 aromatic heterocycles. The molecule has 0 spiro atoms. The van der Waals surface area contributed by atoms with Gasteiger partial charge in [0, 0.05) is 11.3 Å². The predicted molar refractivity (Wildman–Crippen MR) is 126 cm³/mol. The lowest BCUT2D eigenvalue weighted by Crippen LogP contribution is -2.34. The van der Waals surface area contributed by atoms with Gasteiger partial charge in [-0.2, -0.15) is 0 Å². The Morgan fingerprint density at radius 1 is 1.03 bits per heavy atom. The summed E-state index contributed by atoms with van der Waals surface area (Å²) in [7, 11) is 1.54. The molecule has 0 aliphatic carbocycles. The van der Waals surface area contributed by atoms with E-state index in [0.29, 0.717) is 17.2 Å². The van der Waals surface area contributed by atoms with E-state index in [4.69, 9.17) is 21.4 Å². The summed E-state index contributed by atoms with van der Waals surface area (Å²) in [5.41, 5.74) is 5.31. The van der Waals surface area contributed by atoms with Gasteiger partial charge >= 0.3 is 0 Å². The van der Waals surface area contributed by atoms with Gasteiger partial charge in [-0.05, 0) is 67.5 Å². The van der Waals surface area contributed by atoms with Crippen LogP contribution in [0.15, 0.2) is 65.1 Å². The van der Waals surface area contributed by atoms with Crippen molar-refractivity contribution in [3.05, 3.63) is 77.4 Å². The number of methoxy groups -OCH3 is 1. The maximum absolute atomic E-state index is 12.7. The molecule has 0 aliphatic rings. The van der Waals surface area contributed by atoms with Gasteiger partial charge in [-0.15, -0.1) is 0 Å². The van der Waals surface area contributed by atoms with Gasteiger partial charge in [-0.25, -0.2) is 4.98 Å². The predicted octanol–water partition coefficient (Wildman–Crippen LogP) is 5.25. The maximum atomic E-state index is 12.7. The molecule has 7 heteroatoms. The number of amides is 1. The van der Waals surface area contributed by atoms with E-state index in [1.165, 1.54) is 7.11 Å². The summed E-state index contributed by atoms with van der Waals surface area (Å²) < 4.78 is 11.3. The van der Waals surface area contributed by atoms with Crippen LogP contribution in [0, 0.1) is 13.8 Å². The second kappa shape index (κ2) is 8.57. The largest absolute Gasteiger partial charge is 0.496 e.